The van der Waals surface area contributed by atoms with Crippen LogP contribution in [0.25, 0.3) is 0 Å². The Bertz CT molecular complexity index is 186. The van der Waals surface area contributed by atoms with Crippen LogP contribution in [0.5, 0.6) is 0 Å². The zero-order valence-corrected chi connectivity index (χ0v) is 7.56. The average molecular weight is 190 g/mol. The van der Waals surface area contributed by atoms with Crippen molar-refractivity contribution in [3.63, 3.8) is 0 Å². The van der Waals surface area contributed by atoms with Gasteiger partial charge < -0.3 is 9.47 Å². The number of hydrogen-bond acceptors (Lipinski definition) is 5. The van der Waals surface area contributed by atoms with Crippen molar-refractivity contribution in [2.75, 3.05) is 18.1 Å². The van der Waals surface area contributed by atoms with Gasteiger partial charge in [-0.1, -0.05) is 0 Å². The standard InChI is InChI=1S/C7H10O4S/c1-5(8)7(9)11-6-4-12-3-2-10-6/h6H,2-4H2,1H3. The first kappa shape index (κ1) is 9.54. The molecule has 0 radical (unpaired) electrons. The second-order valence-corrected chi connectivity index (χ2v) is 3.49. The van der Waals surface area contributed by atoms with E-state index in [1.165, 1.54) is 6.92 Å². The molecule has 0 aliphatic carbocycles. The molecule has 0 amide bonds. The summed E-state index contributed by atoms with van der Waals surface area (Å²) in [5.41, 5.74) is 0. The molecule has 0 aromatic rings. The monoisotopic (exact) mass is 190 g/mol. The number of carbonyl (C=O) groups excluding carboxylic acids is 2. The van der Waals surface area contributed by atoms with Gasteiger partial charge in [-0.3, -0.25) is 4.79 Å². The topological polar surface area (TPSA) is 52.6 Å². The Morgan fingerprint density at radius 3 is 2.83 bits per heavy atom. The molecule has 1 aliphatic heterocycles. The molecule has 0 aromatic carbocycles. The molecule has 68 valence electrons. The van der Waals surface area contributed by atoms with E-state index in [1.807, 2.05) is 0 Å². The van der Waals surface area contributed by atoms with E-state index in [1.54, 1.807) is 11.8 Å². The van der Waals surface area contributed by atoms with Crippen LogP contribution in [0.15, 0.2) is 0 Å². The highest BCUT2D eigenvalue weighted by Crippen LogP contribution is 2.13. The molecule has 0 bridgehead atoms. The lowest BCUT2D eigenvalue weighted by Gasteiger charge is -2.21. The normalized spacial score (nSPS) is 23.2. The predicted octanol–water partition coefficient (Wildman–Crippen LogP) is 0.208. The van der Waals surface area contributed by atoms with Crippen LogP contribution in [0.1, 0.15) is 6.92 Å². The highest BCUT2D eigenvalue weighted by atomic mass is 32.2. The predicted molar refractivity (Wildman–Crippen MR) is 43.8 cm³/mol. The molecule has 1 unspecified atom stereocenters. The van der Waals surface area contributed by atoms with E-state index in [4.69, 9.17) is 9.47 Å². The van der Waals surface area contributed by atoms with E-state index in [-0.39, 0.29) is 0 Å². The molecule has 1 aliphatic rings. The maximum absolute atomic E-state index is 10.8. The molecule has 4 nitrogen and oxygen atoms in total. The van der Waals surface area contributed by atoms with Gasteiger partial charge in [0.05, 0.1) is 12.4 Å². The van der Waals surface area contributed by atoms with Gasteiger partial charge in [0.25, 0.3) is 0 Å². The van der Waals surface area contributed by atoms with E-state index in [2.05, 4.69) is 0 Å². The number of rotatable bonds is 2. The minimum absolute atomic E-state index is 0.542. The highest BCUT2D eigenvalue weighted by Gasteiger charge is 2.20. The number of ether oxygens (including phenoxy) is 2. The summed E-state index contributed by atoms with van der Waals surface area (Å²) >= 11 is 1.64. The Morgan fingerprint density at radius 2 is 2.33 bits per heavy atom. The van der Waals surface area contributed by atoms with Gasteiger partial charge in [-0.2, -0.15) is 11.8 Å². The fourth-order valence-corrected chi connectivity index (χ4v) is 1.47. The summed E-state index contributed by atoms with van der Waals surface area (Å²) in [6.45, 7) is 1.75. The van der Waals surface area contributed by atoms with Gasteiger partial charge in [-0.15, -0.1) is 0 Å². The summed E-state index contributed by atoms with van der Waals surface area (Å²) in [5, 5.41) is 0. The van der Waals surface area contributed by atoms with Crippen LogP contribution in [0.2, 0.25) is 0 Å². The van der Waals surface area contributed by atoms with E-state index in [0.717, 1.165) is 5.75 Å². The van der Waals surface area contributed by atoms with Crippen molar-refractivity contribution in [3.8, 4) is 0 Å². The molecule has 1 fully saturated rings. The number of hydrogen-bond donors (Lipinski definition) is 0. The lowest BCUT2D eigenvalue weighted by Crippen LogP contribution is -2.30. The molecule has 1 saturated heterocycles. The van der Waals surface area contributed by atoms with E-state index in [0.29, 0.717) is 12.4 Å². The van der Waals surface area contributed by atoms with Gasteiger partial charge in [0.1, 0.15) is 0 Å². The third kappa shape index (κ3) is 2.83. The Kier molecular flexibility index (Phi) is 3.55. The second kappa shape index (κ2) is 4.47. The summed E-state index contributed by atoms with van der Waals surface area (Å²) < 4.78 is 9.80. The Hall–Kier alpha value is -0.550. The molecule has 1 heterocycles. The van der Waals surface area contributed by atoms with Crippen molar-refractivity contribution in [1.29, 1.82) is 0 Å². The minimum Gasteiger partial charge on any atom is -0.429 e. The zero-order chi connectivity index (χ0) is 8.97. The Balaban J connectivity index is 2.29. The fraction of sp³-hybridized carbons (Fsp3) is 0.714. The Morgan fingerprint density at radius 1 is 1.58 bits per heavy atom. The third-order valence-corrected chi connectivity index (χ3v) is 2.27. The molecule has 0 saturated carbocycles. The van der Waals surface area contributed by atoms with Gasteiger partial charge in [0.2, 0.25) is 12.1 Å². The quantitative estimate of drug-likeness (QED) is 0.460. The van der Waals surface area contributed by atoms with Crippen LogP contribution in [0.3, 0.4) is 0 Å². The van der Waals surface area contributed by atoms with Gasteiger partial charge in [-0.25, -0.2) is 4.79 Å². The number of esters is 1. The van der Waals surface area contributed by atoms with E-state index in [9.17, 15) is 9.59 Å². The molecular formula is C7H10O4S. The zero-order valence-electron chi connectivity index (χ0n) is 6.74. The maximum atomic E-state index is 10.8. The Labute approximate surface area is 74.6 Å². The van der Waals surface area contributed by atoms with Crippen LogP contribution in [-0.2, 0) is 19.1 Å². The average Bonchev–Trinajstić information content (AvgIpc) is 2.06. The third-order valence-electron chi connectivity index (χ3n) is 1.31. The van der Waals surface area contributed by atoms with Gasteiger partial charge in [0.15, 0.2) is 0 Å². The first-order valence-corrected chi connectivity index (χ1v) is 4.76. The van der Waals surface area contributed by atoms with Crippen molar-refractivity contribution in [2.24, 2.45) is 0 Å². The summed E-state index contributed by atoms with van der Waals surface area (Å²) in [6, 6.07) is 0. The number of ketones is 1. The lowest BCUT2D eigenvalue weighted by atomic mass is 10.5. The molecule has 1 atom stereocenters. The van der Waals surface area contributed by atoms with Crippen LogP contribution in [-0.4, -0.2) is 36.2 Å². The van der Waals surface area contributed by atoms with Crippen molar-refractivity contribution in [2.45, 2.75) is 13.2 Å². The molecule has 5 heteroatoms. The molecule has 12 heavy (non-hydrogen) atoms. The summed E-state index contributed by atoms with van der Waals surface area (Å²) in [6.07, 6.45) is -0.542. The van der Waals surface area contributed by atoms with Crippen LogP contribution in [0, 0.1) is 0 Å². The maximum Gasteiger partial charge on any atom is 0.376 e. The summed E-state index contributed by atoms with van der Waals surface area (Å²) in [7, 11) is 0. The smallest absolute Gasteiger partial charge is 0.376 e. The lowest BCUT2D eigenvalue weighted by molar-refractivity contribution is -0.176. The van der Waals surface area contributed by atoms with Crippen molar-refractivity contribution in [1.82, 2.24) is 0 Å². The first-order valence-electron chi connectivity index (χ1n) is 3.61. The van der Waals surface area contributed by atoms with Crippen molar-refractivity contribution in [3.05, 3.63) is 0 Å². The molecular weight excluding hydrogens is 180 g/mol. The van der Waals surface area contributed by atoms with Gasteiger partial charge in [-0.05, 0) is 0 Å². The molecule has 0 spiro atoms. The van der Waals surface area contributed by atoms with Gasteiger partial charge >= 0.3 is 5.97 Å². The molecule has 0 aromatic heterocycles. The van der Waals surface area contributed by atoms with Crippen LogP contribution >= 0.6 is 11.8 Å². The molecule has 1 rings (SSSR count). The minimum atomic E-state index is -0.817. The number of Topliss-reactive ketones (excluding diaryl/α,β-unsaturated/α-hetero) is 1. The number of carbonyl (C=O) groups is 2. The van der Waals surface area contributed by atoms with Crippen molar-refractivity contribution >= 4 is 23.5 Å². The van der Waals surface area contributed by atoms with Crippen LogP contribution < -0.4 is 0 Å². The number of thioether (sulfide) groups is 1. The highest BCUT2D eigenvalue weighted by molar-refractivity contribution is 7.99. The van der Waals surface area contributed by atoms with Gasteiger partial charge in [0, 0.05) is 12.7 Å². The largest absolute Gasteiger partial charge is 0.429 e. The SMILES string of the molecule is CC(=O)C(=O)OC1CSCCO1. The van der Waals surface area contributed by atoms with E-state index >= 15 is 0 Å². The first-order chi connectivity index (χ1) is 5.70. The van der Waals surface area contributed by atoms with Crippen molar-refractivity contribution < 1.29 is 19.1 Å². The fourth-order valence-electron chi connectivity index (χ4n) is 0.737. The summed E-state index contributed by atoms with van der Waals surface area (Å²) in [5.74, 6) is 0.115. The van der Waals surface area contributed by atoms with E-state index < -0.39 is 18.0 Å². The van der Waals surface area contributed by atoms with Crippen LogP contribution in [0.4, 0.5) is 0 Å². The summed E-state index contributed by atoms with van der Waals surface area (Å²) in [4.78, 5) is 21.2. The second-order valence-electron chi connectivity index (χ2n) is 2.34. The molecule has 0 N–H and O–H groups in total.